The van der Waals surface area contributed by atoms with Gasteiger partial charge in [-0.3, -0.25) is 9.59 Å². The third kappa shape index (κ3) is 5.82. The Balaban J connectivity index is 1.68. The smallest absolute Gasteiger partial charge is 0.422 e. The fourth-order valence-electron chi connectivity index (χ4n) is 3.42. The number of rotatable bonds is 7. The molecule has 3 rings (SSSR count). The lowest BCUT2D eigenvalue weighted by atomic mass is 10.1. The van der Waals surface area contributed by atoms with Crippen LogP contribution in [0, 0.1) is 0 Å². The topological polar surface area (TPSA) is 80.8 Å². The van der Waals surface area contributed by atoms with Crippen molar-refractivity contribution in [2.75, 3.05) is 20.3 Å². The lowest BCUT2D eigenvalue weighted by Crippen LogP contribution is -2.45. The van der Waals surface area contributed by atoms with Gasteiger partial charge in [-0.15, -0.1) is 0 Å². The number of carbonyl (C=O) groups excluding carboxylic acids is 2. The standard InChI is InChI=1S/C21H21ClF3N3O4/c1-31-17-7-6-14(22)10-15(17)20(30)28-9-3-5-16(28)18(29)27-11-13-4-2-8-26-19(13)32-12-21(23,24)25/h2,4,6-8,10,16H,3,5,9,11-12H2,1H3,(H,27,29). The molecule has 1 fully saturated rings. The Labute approximate surface area is 187 Å². The SMILES string of the molecule is COc1ccc(Cl)cc1C(=O)N1CCCC1C(=O)NCc1cccnc1OCC(F)(F)F. The average molecular weight is 472 g/mol. The number of methoxy groups -OCH3 is 1. The third-order valence-corrected chi connectivity index (χ3v) is 5.12. The van der Waals surface area contributed by atoms with E-state index in [1.807, 2.05) is 0 Å². The minimum Gasteiger partial charge on any atom is -0.496 e. The number of carbonyl (C=O) groups is 2. The van der Waals surface area contributed by atoms with Gasteiger partial charge in [-0.25, -0.2) is 4.98 Å². The third-order valence-electron chi connectivity index (χ3n) is 4.88. The molecule has 1 unspecified atom stereocenters. The Morgan fingerprint density at radius 1 is 1.31 bits per heavy atom. The maximum atomic E-state index is 13.1. The first-order valence-electron chi connectivity index (χ1n) is 9.75. The van der Waals surface area contributed by atoms with Crippen molar-refractivity contribution in [2.45, 2.75) is 31.6 Å². The molecular weight excluding hydrogens is 451 g/mol. The Bertz CT molecular complexity index is 987. The van der Waals surface area contributed by atoms with Crippen LogP contribution in [0.1, 0.15) is 28.8 Å². The molecule has 32 heavy (non-hydrogen) atoms. The number of likely N-dealkylation sites (tertiary alicyclic amines) is 1. The van der Waals surface area contributed by atoms with Gasteiger partial charge in [-0.1, -0.05) is 17.7 Å². The number of nitrogens with zero attached hydrogens (tertiary/aromatic N) is 2. The molecule has 0 spiro atoms. The number of hydrogen-bond acceptors (Lipinski definition) is 5. The van der Waals surface area contributed by atoms with Crippen molar-refractivity contribution in [1.29, 1.82) is 0 Å². The molecule has 2 aromatic rings. The largest absolute Gasteiger partial charge is 0.496 e. The zero-order valence-corrected chi connectivity index (χ0v) is 17.9. The number of halogens is 4. The van der Waals surface area contributed by atoms with Crippen molar-refractivity contribution >= 4 is 23.4 Å². The van der Waals surface area contributed by atoms with Crippen LogP contribution in [0.2, 0.25) is 5.02 Å². The summed E-state index contributed by atoms with van der Waals surface area (Å²) in [6.07, 6.45) is -2.14. The minimum atomic E-state index is -4.51. The molecule has 1 aromatic heterocycles. The van der Waals surface area contributed by atoms with Gasteiger partial charge in [0.2, 0.25) is 11.8 Å². The molecule has 172 valence electrons. The molecule has 0 aliphatic carbocycles. The predicted molar refractivity (Wildman–Crippen MR) is 110 cm³/mol. The summed E-state index contributed by atoms with van der Waals surface area (Å²) in [4.78, 5) is 31.1. The van der Waals surface area contributed by atoms with Crippen molar-refractivity contribution in [2.24, 2.45) is 0 Å². The van der Waals surface area contributed by atoms with Crippen molar-refractivity contribution < 1.29 is 32.2 Å². The summed E-state index contributed by atoms with van der Waals surface area (Å²) >= 11 is 6.02. The molecule has 2 heterocycles. The Morgan fingerprint density at radius 3 is 2.81 bits per heavy atom. The van der Waals surface area contributed by atoms with E-state index in [0.29, 0.717) is 30.2 Å². The van der Waals surface area contributed by atoms with Gasteiger partial charge in [-0.05, 0) is 37.1 Å². The van der Waals surface area contributed by atoms with E-state index in [0.717, 1.165) is 0 Å². The van der Waals surface area contributed by atoms with E-state index in [9.17, 15) is 22.8 Å². The molecule has 0 radical (unpaired) electrons. The molecule has 1 aromatic carbocycles. The number of amides is 2. The number of benzene rings is 1. The van der Waals surface area contributed by atoms with E-state index in [4.69, 9.17) is 21.1 Å². The Kier molecular flexibility index (Phi) is 7.44. The van der Waals surface area contributed by atoms with Crippen LogP contribution < -0.4 is 14.8 Å². The first kappa shape index (κ1) is 23.6. The Hall–Kier alpha value is -3.01. The normalized spacial score (nSPS) is 16.0. The molecule has 1 saturated heterocycles. The van der Waals surface area contributed by atoms with Crippen molar-refractivity contribution in [3.05, 3.63) is 52.7 Å². The molecule has 7 nitrogen and oxygen atoms in total. The van der Waals surface area contributed by atoms with Crippen LogP contribution in [0.25, 0.3) is 0 Å². The molecule has 11 heteroatoms. The second-order valence-electron chi connectivity index (χ2n) is 7.09. The monoisotopic (exact) mass is 471 g/mol. The van der Waals surface area contributed by atoms with Crippen LogP contribution in [0.4, 0.5) is 13.2 Å². The summed E-state index contributed by atoms with van der Waals surface area (Å²) in [5.41, 5.74) is 0.535. The molecule has 1 aliphatic rings. The van der Waals surface area contributed by atoms with Crippen molar-refractivity contribution in [3.8, 4) is 11.6 Å². The first-order valence-corrected chi connectivity index (χ1v) is 10.1. The summed E-state index contributed by atoms with van der Waals surface area (Å²) in [5.74, 6) is -0.694. The summed E-state index contributed by atoms with van der Waals surface area (Å²) in [5, 5.41) is 3.02. The summed E-state index contributed by atoms with van der Waals surface area (Å²) in [6.45, 7) is -1.21. The van der Waals surface area contributed by atoms with Crippen LogP contribution in [0.5, 0.6) is 11.6 Å². The number of alkyl halides is 3. The van der Waals surface area contributed by atoms with Gasteiger partial charge in [0.1, 0.15) is 11.8 Å². The van der Waals surface area contributed by atoms with E-state index >= 15 is 0 Å². The van der Waals surface area contributed by atoms with Gasteiger partial charge in [0.15, 0.2) is 6.61 Å². The van der Waals surface area contributed by atoms with E-state index in [1.165, 1.54) is 36.4 Å². The van der Waals surface area contributed by atoms with E-state index in [2.05, 4.69) is 10.3 Å². The highest BCUT2D eigenvalue weighted by Crippen LogP contribution is 2.28. The zero-order chi connectivity index (χ0) is 23.3. The van der Waals surface area contributed by atoms with Gasteiger partial charge >= 0.3 is 6.18 Å². The quantitative estimate of drug-likeness (QED) is 0.667. The highest BCUT2D eigenvalue weighted by atomic mass is 35.5. The van der Waals surface area contributed by atoms with Crippen LogP contribution in [-0.4, -0.2) is 54.2 Å². The van der Waals surface area contributed by atoms with Gasteiger partial charge in [-0.2, -0.15) is 13.2 Å². The van der Waals surface area contributed by atoms with Gasteiger partial charge in [0.25, 0.3) is 5.91 Å². The van der Waals surface area contributed by atoms with Crippen molar-refractivity contribution in [1.82, 2.24) is 15.2 Å². The summed E-state index contributed by atoms with van der Waals surface area (Å²) in [6, 6.07) is 6.95. The van der Waals surface area contributed by atoms with Crippen LogP contribution in [-0.2, 0) is 11.3 Å². The van der Waals surface area contributed by atoms with Crippen LogP contribution in [0.3, 0.4) is 0 Å². The number of pyridine rings is 1. The predicted octanol–water partition coefficient (Wildman–Crippen LogP) is 3.61. The lowest BCUT2D eigenvalue weighted by Gasteiger charge is -2.25. The zero-order valence-electron chi connectivity index (χ0n) is 17.1. The van der Waals surface area contributed by atoms with Gasteiger partial charge in [0, 0.05) is 29.9 Å². The molecule has 0 bridgehead atoms. The van der Waals surface area contributed by atoms with E-state index in [-0.39, 0.29) is 23.6 Å². The molecular formula is C21H21ClF3N3O4. The molecule has 1 N–H and O–H groups in total. The summed E-state index contributed by atoms with van der Waals surface area (Å²) < 4.78 is 47.3. The molecule has 0 saturated carbocycles. The van der Waals surface area contributed by atoms with Crippen molar-refractivity contribution in [3.63, 3.8) is 0 Å². The maximum Gasteiger partial charge on any atom is 0.422 e. The fourth-order valence-corrected chi connectivity index (χ4v) is 3.60. The fraction of sp³-hybridized carbons (Fsp3) is 0.381. The van der Waals surface area contributed by atoms with E-state index in [1.54, 1.807) is 12.1 Å². The number of nitrogens with one attached hydrogen (secondary N) is 1. The number of ether oxygens (including phenoxy) is 2. The average Bonchev–Trinajstić information content (AvgIpc) is 3.25. The Morgan fingerprint density at radius 2 is 2.09 bits per heavy atom. The molecule has 1 atom stereocenters. The van der Waals surface area contributed by atoms with Gasteiger partial charge < -0.3 is 19.7 Å². The number of hydrogen-bond donors (Lipinski definition) is 1. The maximum absolute atomic E-state index is 13.1. The first-order chi connectivity index (χ1) is 15.2. The minimum absolute atomic E-state index is 0.0983. The highest BCUT2D eigenvalue weighted by molar-refractivity contribution is 6.31. The van der Waals surface area contributed by atoms with Gasteiger partial charge in [0.05, 0.1) is 12.7 Å². The molecule has 2 amide bonds. The van der Waals surface area contributed by atoms with Crippen LogP contribution >= 0.6 is 11.6 Å². The van der Waals surface area contributed by atoms with E-state index < -0.39 is 30.6 Å². The lowest BCUT2D eigenvalue weighted by molar-refractivity contribution is -0.154. The molecule has 1 aliphatic heterocycles. The van der Waals surface area contributed by atoms with Crippen LogP contribution in [0.15, 0.2) is 36.5 Å². The summed E-state index contributed by atoms with van der Waals surface area (Å²) in [7, 11) is 1.43. The number of aromatic nitrogens is 1. The second kappa shape index (κ2) is 10.1. The highest BCUT2D eigenvalue weighted by Gasteiger charge is 2.35. The second-order valence-corrected chi connectivity index (χ2v) is 7.53.